The molecule has 1 aliphatic heterocycles. The van der Waals surface area contributed by atoms with Gasteiger partial charge in [-0.15, -0.1) is 0 Å². The highest BCUT2D eigenvalue weighted by Crippen LogP contribution is 2.20. The van der Waals surface area contributed by atoms with Crippen molar-refractivity contribution in [2.24, 2.45) is 0 Å². The lowest BCUT2D eigenvalue weighted by atomic mass is 10.0. The fraction of sp³-hybridized carbons (Fsp3) is 0.625. The first kappa shape index (κ1) is 15.4. The van der Waals surface area contributed by atoms with E-state index in [1.54, 1.807) is 12.1 Å². The van der Waals surface area contributed by atoms with Gasteiger partial charge in [0.15, 0.2) is 0 Å². The summed E-state index contributed by atoms with van der Waals surface area (Å²) in [6, 6.07) is 7.82. The van der Waals surface area contributed by atoms with Gasteiger partial charge < -0.3 is 15.1 Å². The third-order valence-electron chi connectivity index (χ3n) is 4.31. The molecule has 0 radical (unpaired) electrons. The van der Waals surface area contributed by atoms with Gasteiger partial charge in [-0.3, -0.25) is 0 Å². The van der Waals surface area contributed by atoms with Gasteiger partial charge in [0.05, 0.1) is 0 Å². The molecule has 1 aromatic carbocycles. The number of hydrogen-bond donors (Lipinski definition) is 1. The van der Waals surface area contributed by atoms with Crippen molar-refractivity contribution in [2.75, 3.05) is 40.8 Å². The van der Waals surface area contributed by atoms with Crippen LogP contribution in [0.3, 0.4) is 0 Å². The van der Waals surface area contributed by atoms with Gasteiger partial charge in [0.25, 0.3) is 0 Å². The second-order valence-electron chi connectivity index (χ2n) is 5.89. The van der Waals surface area contributed by atoms with Crippen LogP contribution in [0.2, 0.25) is 0 Å². The molecular weight excluding hydrogens is 253 g/mol. The Bertz CT molecular complexity index is 422. The van der Waals surface area contributed by atoms with Crippen molar-refractivity contribution in [1.29, 1.82) is 0 Å². The molecule has 1 aromatic rings. The van der Waals surface area contributed by atoms with E-state index in [0.717, 1.165) is 25.1 Å². The number of rotatable bonds is 6. The van der Waals surface area contributed by atoms with E-state index in [2.05, 4.69) is 29.2 Å². The summed E-state index contributed by atoms with van der Waals surface area (Å²) in [6.45, 7) is 3.38. The van der Waals surface area contributed by atoms with Gasteiger partial charge >= 0.3 is 0 Å². The largest absolute Gasteiger partial charge is 0.313 e. The summed E-state index contributed by atoms with van der Waals surface area (Å²) in [5, 5.41) is 3.30. The molecule has 1 fully saturated rings. The van der Waals surface area contributed by atoms with Gasteiger partial charge in [0.2, 0.25) is 0 Å². The second kappa shape index (κ2) is 7.16. The molecule has 2 unspecified atom stereocenters. The number of likely N-dealkylation sites (N-methyl/N-ethyl adjacent to an activating group) is 1. The van der Waals surface area contributed by atoms with Crippen LogP contribution in [0.25, 0.3) is 0 Å². The molecule has 2 atom stereocenters. The Morgan fingerprint density at radius 1 is 1.45 bits per heavy atom. The van der Waals surface area contributed by atoms with Crippen molar-refractivity contribution < 1.29 is 4.39 Å². The van der Waals surface area contributed by atoms with Crippen LogP contribution < -0.4 is 5.32 Å². The monoisotopic (exact) mass is 279 g/mol. The van der Waals surface area contributed by atoms with Crippen molar-refractivity contribution in [3.8, 4) is 0 Å². The number of nitrogens with zero attached hydrogens (tertiary/aromatic N) is 2. The quantitative estimate of drug-likeness (QED) is 0.860. The van der Waals surface area contributed by atoms with Gasteiger partial charge in [0, 0.05) is 25.2 Å². The summed E-state index contributed by atoms with van der Waals surface area (Å²) in [5.74, 6) is -0.156. The van der Waals surface area contributed by atoms with Crippen LogP contribution in [-0.4, -0.2) is 56.6 Å². The third-order valence-corrected chi connectivity index (χ3v) is 4.31. The molecule has 0 spiro atoms. The summed E-state index contributed by atoms with van der Waals surface area (Å²) in [6.07, 6.45) is 2.26. The van der Waals surface area contributed by atoms with E-state index in [9.17, 15) is 4.39 Å². The zero-order valence-corrected chi connectivity index (χ0v) is 12.8. The number of hydrogen-bond acceptors (Lipinski definition) is 3. The van der Waals surface area contributed by atoms with E-state index in [1.165, 1.54) is 19.0 Å². The van der Waals surface area contributed by atoms with Crippen molar-refractivity contribution >= 4 is 0 Å². The lowest BCUT2D eigenvalue weighted by Gasteiger charge is -2.23. The molecule has 20 heavy (non-hydrogen) atoms. The Labute approximate surface area is 121 Å². The fourth-order valence-corrected chi connectivity index (χ4v) is 2.95. The van der Waals surface area contributed by atoms with Crippen molar-refractivity contribution in [1.82, 2.24) is 15.1 Å². The van der Waals surface area contributed by atoms with Gasteiger partial charge in [-0.2, -0.15) is 0 Å². The maximum atomic E-state index is 13.3. The van der Waals surface area contributed by atoms with Gasteiger partial charge in [-0.25, -0.2) is 4.39 Å². The number of nitrogens with one attached hydrogen (secondary N) is 1. The van der Waals surface area contributed by atoms with Crippen LogP contribution in [0.5, 0.6) is 0 Å². The molecule has 0 saturated carbocycles. The van der Waals surface area contributed by atoms with Crippen LogP contribution in [0, 0.1) is 5.82 Å². The third kappa shape index (κ3) is 4.01. The molecule has 1 saturated heterocycles. The first-order valence-electron chi connectivity index (χ1n) is 7.41. The van der Waals surface area contributed by atoms with Crippen molar-refractivity contribution in [3.05, 3.63) is 35.6 Å². The molecule has 4 heteroatoms. The average molecular weight is 279 g/mol. The van der Waals surface area contributed by atoms with E-state index >= 15 is 0 Å². The standard InChI is InChI=1S/C16H26FN3/c1-18-16(13-5-4-6-14(17)11-13)8-10-20-9-7-15(12-20)19(2)3/h4-6,11,15-16,18H,7-10,12H2,1-3H3. The number of benzene rings is 1. The zero-order valence-electron chi connectivity index (χ0n) is 12.8. The highest BCUT2D eigenvalue weighted by atomic mass is 19.1. The molecular formula is C16H26FN3. The first-order chi connectivity index (χ1) is 9.60. The Hall–Kier alpha value is -0.970. The van der Waals surface area contributed by atoms with Crippen LogP contribution in [0.4, 0.5) is 4.39 Å². The molecule has 1 aliphatic rings. The molecule has 2 rings (SSSR count). The van der Waals surface area contributed by atoms with Crippen LogP contribution in [-0.2, 0) is 0 Å². The summed E-state index contributed by atoms with van der Waals surface area (Å²) in [4.78, 5) is 4.82. The second-order valence-corrected chi connectivity index (χ2v) is 5.89. The highest BCUT2D eigenvalue weighted by Gasteiger charge is 2.24. The van der Waals surface area contributed by atoms with Crippen molar-refractivity contribution in [2.45, 2.75) is 24.9 Å². The molecule has 0 aromatic heterocycles. The minimum absolute atomic E-state index is 0.156. The highest BCUT2D eigenvalue weighted by molar-refractivity contribution is 5.20. The minimum Gasteiger partial charge on any atom is -0.313 e. The summed E-state index contributed by atoms with van der Waals surface area (Å²) >= 11 is 0. The minimum atomic E-state index is -0.156. The van der Waals surface area contributed by atoms with Crippen LogP contribution >= 0.6 is 0 Å². The SMILES string of the molecule is CNC(CCN1CCC(N(C)C)C1)c1cccc(F)c1. The average Bonchev–Trinajstić information content (AvgIpc) is 2.88. The summed E-state index contributed by atoms with van der Waals surface area (Å²) < 4.78 is 13.3. The van der Waals surface area contributed by atoms with Gasteiger partial charge in [-0.1, -0.05) is 12.1 Å². The van der Waals surface area contributed by atoms with E-state index in [-0.39, 0.29) is 11.9 Å². The van der Waals surface area contributed by atoms with E-state index in [4.69, 9.17) is 0 Å². The molecule has 112 valence electrons. The number of likely N-dealkylation sites (tertiary alicyclic amines) is 1. The maximum Gasteiger partial charge on any atom is 0.123 e. The van der Waals surface area contributed by atoms with Gasteiger partial charge in [-0.05, 0) is 58.2 Å². The lowest BCUT2D eigenvalue weighted by Crippen LogP contribution is -2.32. The summed E-state index contributed by atoms with van der Waals surface area (Å²) in [7, 11) is 6.25. The predicted octanol–water partition coefficient (Wildman–Crippen LogP) is 2.11. The fourth-order valence-electron chi connectivity index (χ4n) is 2.95. The molecule has 1 N–H and O–H groups in total. The van der Waals surface area contributed by atoms with Gasteiger partial charge in [0.1, 0.15) is 5.82 Å². The Morgan fingerprint density at radius 2 is 2.25 bits per heavy atom. The Kier molecular flexibility index (Phi) is 5.52. The number of halogens is 1. The lowest BCUT2D eigenvalue weighted by molar-refractivity contribution is 0.260. The Morgan fingerprint density at radius 3 is 2.85 bits per heavy atom. The first-order valence-corrected chi connectivity index (χ1v) is 7.41. The molecule has 0 aliphatic carbocycles. The van der Waals surface area contributed by atoms with Crippen LogP contribution in [0.15, 0.2) is 24.3 Å². The van der Waals surface area contributed by atoms with E-state index in [1.807, 2.05) is 13.1 Å². The van der Waals surface area contributed by atoms with E-state index < -0.39 is 0 Å². The molecule has 0 bridgehead atoms. The molecule has 3 nitrogen and oxygen atoms in total. The maximum absolute atomic E-state index is 13.3. The zero-order chi connectivity index (χ0) is 14.5. The van der Waals surface area contributed by atoms with Crippen molar-refractivity contribution in [3.63, 3.8) is 0 Å². The summed E-state index contributed by atoms with van der Waals surface area (Å²) in [5.41, 5.74) is 1.04. The Balaban J connectivity index is 1.86. The van der Waals surface area contributed by atoms with E-state index in [0.29, 0.717) is 6.04 Å². The molecule has 0 amide bonds. The molecule has 1 heterocycles. The van der Waals surface area contributed by atoms with Crippen LogP contribution in [0.1, 0.15) is 24.4 Å². The normalized spacial score (nSPS) is 21.6. The smallest absolute Gasteiger partial charge is 0.123 e. The predicted molar refractivity (Wildman–Crippen MR) is 81.3 cm³/mol. The topological polar surface area (TPSA) is 18.5 Å².